The molecule has 0 radical (unpaired) electrons. The Bertz CT molecular complexity index is 654. The number of carboxylic acids is 1. The van der Waals surface area contributed by atoms with Crippen LogP contribution in [0.25, 0.3) is 0 Å². The summed E-state index contributed by atoms with van der Waals surface area (Å²) in [6.07, 6.45) is 3.05. The maximum absolute atomic E-state index is 13.3. The zero-order valence-corrected chi connectivity index (χ0v) is 14.2. The quantitative estimate of drug-likeness (QED) is 0.698. The Hall–Kier alpha value is -1.99. The largest absolute Gasteiger partial charge is 0.481 e. The molecule has 0 spiro atoms. The summed E-state index contributed by atoms with van der Waals surface area (Å²) in [5, 5.41) is 8.90. The smallest absolute Gasteiger partial charge is 0.307 e. The van der Waals surface area contributed by atoms with E-state index in [4.69, 9.17) is 5.11 Å². The van der Waals surface area contributed by atoms with Gasteiger partial charge in [0.05, 0.1) is 11.8 Å². The average Bonchev–Trinajstić information content (AvgIpc) is 3.26. The fraction of sp³-hybridized carbons (Fsp3) is 0.556. The highest BCUT2D eigenvalue weighted by Gasteiger charge is 2.49. The van der Waals surface area contributed by atoms with Gasteiger partial charge >= 0.3 is 5.97 Å². The van der Waals surface area contributed by atoms with Crippen molar-refractivity contribution in [1.82, 2.24) is 15.8 Å². The van der Waals surface area contributed by atoms with Crippen LogP contribution in [0.4, 0.5) is 4.39 Å². The normalized spacial score (nSPS) is 27.9. The van der Waals surface area contributed by atoms with Crippen molar-refractivity contribution >= 4 is 11.9 Å². The summed E-state index contributed by atoms with van der Waals surface area (Å²) in [5.41, 5.74) is 7.35. The van der Waals surface area contributed by atoms with Crippen LogP contribution in [-0.2, 0) is 9.59 Å². The van der Waals surface area contributed by atoms with Crippen molar-refractivity contribution in [3.8, 4) is 0 Å². The van der Waals surface area contributed by atoms with Crippen molar-refractivity contribution in [3.63, 3.8) is 0 Å². The van der Waals surface area contributed by atoms with E-state index < -0.39 is 11.9 Å². The van der Waals surface area contributed by atoms with E-state index in [-0.39, 0.29) is 29.7 Å². The molecule has 2 fully saturated rings. The van der Waals surface area contributed by atoms with Crippen LogP contribution in [0.2, 0.25) is 0 Å². The average molecular weight is 349 g/mol. The Labute approximate surface area is 146 Å². The molecule has 1 aliphatic carbocycles. The van der Waals surface area contributed by atoms with E-state index >= 15 is 0 Å². The first-order valence-electron chi connectivity index (χ1n) is 8.70. The molecule has 1 heterocycles. The molecule has 4 unspecified atom stereocenters. The third kappa shape index (κ3) is 4.35. The number of hydrogen-bond donors (Lipinski definition) is 3. The maximum Gasteiger partial charge on any atom is 0.307 e. The molecule has 25 heavy (non-hydrogen) atoms. The number of rotatable bonds is 7. The molecule has 4 atom stereocenters. The summed E-state index contributed by atoms with van der Waals surface area (Å²) >= 11 is 0. The minimum atomic E-state index is -0.878. The highest BCUT2D eigenvalue weighted by atomic mass is 19.1. The van der Waals surface area contributed by atoms with Gasteiger partial charge in [0.15, 0.2) is 0 Å². The van der Waals surface area contributed by atoms with E-state index in [1.54, 1.807) is 24.1 Å². The minimum Gasteiger partial charge on any atom is -0.481 e. The van der Waals surface area contributed by atoms with Gasteiger partial charge < -0.3 is 10.0 Å². The van der Waals surface area contributed by atoms with Gasteiger partial charge in [0.1, 0.15) is 5.82 Å². The fourth-order valence-corrected chi connectivity index (χ4v) is 3.46. The first kappa shape index (κ1) is 17.8. The molecule has 6 nitrogen and oxygen atoms in total. The van der Waals surface area contributed by atoms with Crippen molar-refractivity contribution in [2.24, 2.45) is 11.8 Å². The molecule has 1 aliphatic heterocycles. The lowest BCUT2D eigenvalue weighted by Gasteiger charge is -2.18. The Kier molecular flexibility index (Phi) is 5.34. The molecule has 0 bridgehead atoms. The Morgan fingerprint density at radius 1 is 1.28 bits per heavy atom. The van der Waals surface area contributed by atoms with E-state index in [1.165, 1.54) is 6.07 Å². The van der Waals surface area contributed by atoms with Gasteiger partial charge in [-0.1, -0.05) is 12.1 Å². The zero-order chi connectivity index (χ0) is 18.0. The van der Waals surface area contributed by atoms with Crippen LogP contribution in [-0.4, -0.2) is 41.5 Å². The number of hydrazine groups is 1. The molecule has 1 aromatic carbocycles. The topological polar surface area (TPSA) is 81.7 Å². The number of nitrogens with one attached hydrogen (secondary N) is 2. The molecule has 7 heteroatoms. The molecular formula is C18H24FN3O3. The summed E-state index contributed by atoms with van der Waals surface area (Å²) in [6, 6.07) is 6.95. The third-order valence-electron chi connectivity index (χ3n) is 5.08. The predicted molar refractivity (Wildman–Crippen MR) is 89.9 cm³/mol. The van der Waals surface area contributed by atoms with E-state index in [2.05, 4.69) is 10.9 Å². The zero-order valence-electron chi connectivity index (χ0n) is 14.2. The van der Waals surface area contributed by atoms with Crippen LogP contribution in [0, 0.1) is 17.7 Å². The van der Waals surface area contributed by atoms with Crippen LogP contribution in [0.5, 0.6) is 0 Å². The molecule has 2 aliphatic rings. The highest BCUT2D eigenvalue weighted by molar-refractivity contribution is 5.89. The number of nitrogens with zero attached hydrogens (tertiary/aromatic N) is 1. The lowest BCUT2D eigenvalue weighted by atomic mass is 9.99. The summed E-state index contributed by atoms with van der Waals surface area (Å²) in [5.74, 6) is -2.02. The number of hydrogen-bond acceptors (Lipinski definition) is 4. The van der Waals surface area contributed by atoms with Crippen molar-refractivity contribution < 1.29 is 19.1 Å². The van der Waals surface area contributed by atoms with Gasteiger partial charge in [-0.2, -0.15) is 0 Å². The van der Waals surface area contributed by atoms with Gasteiger partial charge in [-0.05, 0) is 43.4 Å². The summed E-state index contributed by atoms with van der Waals surface area (Å²) < 4.78 is 13.3. The third-order valence-corrected chi connectivity index (χ3v) is 5.08. The van der Waals surface area contributed by atoms with Crippen LogP contribution < -0.4 is 10.9 Å². The maximum atomic E-state index is 13.3. The van der Waals surface area contributed by atoms with Crippen LogP contribution in [0.1, 0.15) is 37.3 Å². The van der Waals surface area contributed by atoms with Crippen molar-refractivity contribution in [2.45, 2.75) is 37.8 Å². The predicted octanol–water partition coefficient (Wildman–Crippen LogP) is 1.69. The molecule has 1 saturated carbocycles. The lowest BCUT2D eigenvalue weighted by molar-refractivity contribution is -0.141. The van der Waals surface area contributed by atoms with Crippen molar-refractivity contribution in [1.29, 1.82) is 0 Å². The molecular weight excluding hydrogens is 325 g/mol. The van der Waals surface area contributed by atoms with Gasteiger partial charge in [0, 0.05) is 25.7 Å². The number of carboxylic acid groups (broad SMARTS) is 1. The van der Waals surface area contributed by atoms with E-state index in [1.807, 2.05) is 6.07 Å². The SMILES string of the molecule is CN(CCCC1CC(c2cccc(F)c2)NN1)C(=O)C1CC1C(=O)O. The van der Waals surface area contributed by atoms with E-state index in [9.17, 15) is 14.0 Å². The summed E-state index contributed by atoms with van der Waals surface area (Å²) in [7, 11) is 1.73. The summed E-state index contributed by atoms with van der Waals surface area (Å²) in [6.45, 7) is 0.616. The van der Waals surface area contributed by atoms with Crippen molar-refractivity contribution in [2.75, 3.05) is 13.6 Å². The molecule has 136 valence electrons. The Balaban J connectivity index is 1.38. The number of carbonyl (C=O) groups excluding carboxylic acids is 1. The second-order valence-corrected chi connectivity index (χ2v) is 7.02. The molecule has 1 amide bonds. The Morgan fingerprint density at radius 2 is 2.08 bits per heavy atom. The molecule has 3 N–H and O–H groups in total. The highest BCUT2D eigenvalue weighted by Crippen LogP contribution is 2.39. The van der Waals surface area contributed by atoms with Crippen LogP contribution >= 0.6 is 0 Å². The summed E-state index contributed by atoms with van der Waals surface area (Å²) in [4.78, 5) is 24.6. The fourth-order valence-electron chi connectivity index (χ4n) is 3.46. The Morgan fingerprint density at radius 3 is 2.76 bits per heavy atom. The monoisotopic (exact) mass is 349 g/mol. The lowest BCUT2D eigenvalue weighted by Crippen LogP contribution is -2.33. The first-order chi connectivity index (χ1) is 12.0. The second-order valence-electron chi connectivity index (χ2n) is 7.02. The van der Waals surface area contributed by atoms with Gasteiger partial charge in [-0.15, -0.1) is 0 Å². The number of amides is 1. The number of benzene rings is 1. The van der Waals surface area contributed by atoms with E-state index in [0.717, 1.165) is 24.8 Å². The molecule has 3 rings (SSSR count). The van der Waals surface area contributed by atoms with Gasteiger partial charge in [0.2, 0.25) is 5.91 Å². The van der Waals surface area contributed by atoms with Crippen molar-refractivity contribution in [3.05, 3.63) is 35.6 Å². The standard InChI is InChI=1S/C18H24FN3O3/c1-22(17(23)14-10-15(14)18(24)25)7-3-6-13-9-16(21-20-13)11-4-2-5-12(19)8-11/h2,4-5,8,13-16,20-21H,3,6-7,9-10H2,1H3,(H,24,25). The number of halogens is 1. The van der Waals surface area contributed by atoms with Crippen LogP contribution in [0.15, 0.2) is 24.3 Å². The van der Waals surface area contributed by atoms with Crippen LogP contribution in [0.3, 0.4) is 0 Å². The molecule has 1 saturated heterocycles. The van der Waals surface area contributed by atoms with Gasteiger partial charge in [0.25, 0.3) is 0 Å². The van der Waals surface area contributed by atoms with Gasteiger partial charge in [-0.3, -0.25) is 20.4 Å². The number of carbonyl (C=O) groups is 2. The number of aliphatic carboxylic acids is 1. The van der Waals surface area contributed by atoms with Gasteiger partial charge in [-0.25, -0.2) is 4.39 Å². The molecule has 1 aromatic rings. The second kappa shape index (κ2) is 7.49. The first-order valence-corrected chi connectivity index (χ1v) is 8.70. The minimum absolute atomic E-state index is 0.0671. The van der Waals surface area contributed by atoms with E-state index in [0.29, 0.717) is 13.0 Å². The molecule has 0 aromatic heterocycles.